The summed E-state index contributed by atoms with van der Waals surface area (Å²) in [6.45, 7) is 13.0. The minimum absolute atomic E-state index is 0.0555. The topological polar surface area (TPSA) is 67.4 Å². The number of ether oxygens (including phenoxy) is 1. The summed E-state index contributed by atoms with van der Waals surface area (Å²) in [5.74, 6) is 0.513. The summed E-state index contributed by atoms with van der Waals surface area (Å²) < 4.78 is 5.93. The van der Waals surface area contributed by atoms with Crippen LogP contribution in [0.4, 0.5) is 5.69 Å². The molecule has 0 aliphatic heterocycles. The number of anilines is 1. The fourth-order valence-corrected chi connectivity index (χ4v) is 2.92. The zero-order valence-electron chi connectivity index (χ0n) is 18.9. The van der Waals surface area contributed by atoms with Gasteiger partial charge in [-0.3, -0.25) is 9.59 Å². The number of carbonyl (C=O) groups is 2. The van der Waals surface area contributed by atoms with Crippen LogP contribution < -0.4 is 15.4 Å². The van der Waals surface area contributed by atoms with Gasteiger partial charge in [0.1, 0.15) is 5.75 Å². The molecule has 0 spiro atoms. The number of rotatable bonds is 8. The molecular formula is C25H34N2O3. The number of carbonyl (C=O) groups excluding carboxylic acids is 2. The molecule has 0 aliphatic rings. The molecule has 0 saturated carbocycles. The van der Waals surface area contributed by atoms with Crippen molar-refractivity contribution in [3.8, 4) is 5.75 Å². The monoisotopic (exact) mass is 410 g/mol. The Labute approximate surface area is 180 Å². The van der Waals surface area contributed by atoms with E-state index in [2.05, 4.69) is 31.4 Å². The lowest BCUT2D eigenvalue weighted by atomic mass is 9.87. The molecule has 2 rings (SSSR count). The predicted octanol–water partition coefficient (Wildman–Crippen LogP) is 5.17. The van der Waals surface area contributed by atoms with E-state index in [0.29, 0.717) is 35.9 Å². The van der Waals surface area contributed by atoms with Crippen molar-refractivity contribution in [2.75, 3.05) is 11.9 Å². The highest BCUT2D eigenvalue weighted by molar-refractivity contribution is 6.04. The summed E-state index contributed by atoms with van der Waals surface area (Å²) in [6.07, 6.45) is -0.147. The predicted molar refractivity (Wildman–Crippen MR) is 122 cm³/mol. The van der Waals surface area contributed by atoms with Crippen molar-refractivity contribution in [1.82, 2.24) is 5.32 Å². The van der Waals surface area contributed by atoms with Crippen molar-refractivity contribution in [2.45, 2.75) is 59.5 Å². The van der Waals surface area contributed by atoms with Crippen LogP contribution in [0.15, 0.2) is 48.5 Å². The molecule has 2 N–H and O–H groups in total. The highest BCUT2D eigenvalue weighted by Crippen LogP contribution is 2.25. The molecule has 0 saturated heterocycles. The summed E-state index contributed by atoms with van der Waals surface area (Å²) in [5, 5.41) is 5.75. The molecule has 5 heteroatoms. The van der Waals surface area contributed by atoms with Gasteiger partial charge in [-0.05, 0) is 47.6 Å². The summed E-state index contributed by atoms with van der Waals surface area (Å²) in [5.41, 5.74) is 2.18. The van der Waals surface area contributed by atoms with Gasteiger partial charge in [0, 0.05) is 6.54 Å². The molecular weight excluding hydrogens is 376 g/mol. The molecule has 2 aromatic rings. The number of amides is 2. The van der Waals surface area contributed by atoms with Crippen LogP contribution in [0.25, 0.3) is 0 Å². The number of para-hydroxylation sites is 1. The molecule has 0 unspecified atom stereocenters. The maximum absolute atomic E-state index is 12.8. The third-order valence-electron chi connectivity index (χ3n) is 4.76. The third kappa shape index (κ3) is 6.61. The van der Waals surface area contributed by atoms with Crippen LogP contribution in [-0.4, -0.2) is 24.5 Å². The van der Waals surface area contributed by atoms with Crippen molar-refractivity contribution in [3.05, 3.63) is 59.7 Å². The summed E-state index contributed by atoms with van der Waals surface area (Å²) in [4.78, 5) is 25.3. The maximum atomic E-state index is 12.8. The third-order valence-corrected chi connectivity index (χ3v) is 4.76. The van der Waals surface area contributed by atoms with E-state index in [1.807, 2.05) is 45.0 Å². The van der Waals surface area contributed by atoms with Crippen LogP contribution in [0, 0.1) is 5.92 Å². The van der Waals surface area contributed by atoms with E-state index in [1.54, 1.807) is 24.3 Å². The van der Waals surface area contributed by atoms with Gasteiger partial charge >= 0.3 is 0 Å². The van der Waals surface area contributed by atoms with E-state index >= 15 is 0 Å². The second kappa shape index (κ2) is 10.3. The second-order valence-corrected chi connectivity index (χ2v) is 8.93. The van der Waals surface area contributed by atoms with E-state index in [0.717, 1.165) is 0 Å². The molecule has 0 heterocycles. The van der Waals surface area contributed by atoms with Crippen LogP contribution in [-0.2, 0) is 10.2 Å². The zero-order chi connectivity index (χ0) is 22.3. The number of hydrogen-bond acceptors (Lipinski definition) is 3. The van der Waals surface area contributed by atoms with E-state index in [4.69, 9.17) is 4.74 Å². The highest BCUT2D eigenvalue weighted by Gasteiger charge is 2.21. The van der Waals surface area contributed by atoms with Crippen LogP contribution in [0.2, 0.25) is 0 Å². The van der Waals surface area contributed by atoms with Gasteiger partial charge in [0.25, 0.3) is 11.8 Å². The van der Waals surface area contributed by atoms with E-state index in [1.165, 1.54) is 5.56 Å². The van der Waals surface area contributed by atoms with Crippen molar-refractivity contribution in [2.24, 2.45) is 5.92 Å². The summed E-state index contributed by atoms with van der Waals surface area (Å²) >= 11 is 0. The van der Waals surface area contributed by atoms with Gasteiger partial charge in [-0.1, -0.05) is 65.8 Å². The molecule has 1 atom stereocenters. The van der Waals surface area contributed by atoms with Crippen LogP contribution in [0.5, 0.6) is 5.75 Å². The molecule has 5 nitrogen and oxygen atoms in total. The van der Waals surface area contributed by atoms with Gasteiger partial charge in [0.15, 0.2) is 6.10 Å². The molecule has 0 aliphatic carbocycles. The molecule has 0 radical (unpaired) electrons. The van der Waals surface area contributed by atoms with Gasteiger partial charge < -0.3 is 15.4 Å². The Balaban J connectivity index is 2.09. The zero-order valence-corrected chi connectivity index (χ0v) is 18.9. The van der Waals surface area contributed by atoms with E-state index in [9.17, 15) is 9.59 Å². The van der Waals surface area contributed by atoms with Gasteiger partial charge in [-0.25, -0.2) is 0 Å². The largest absolute Gasteiger partial charge is 0.481 e. The van der Waals surface area contributed by atoms with Crippen molar-refractivity contribution in [3.63, 3.8) is 0 Å². The number of hydrogen-bond donors (Lipinski definition) is 2. The van der Waals surface area contributed by atoms with Crippen molar-refractivity contribution in [1.29, 1.82) is 0 Å². The lowest BCUT2D eigenvalue weighted by Gasteiger charge is -2.21. The number of benzene rings is 2. The molecule has 2 aromatic carbocycles. The molecule has 0 aromatic heterocycles. The summed E-state index contributed by atoms with van der Waals surface area (Å²) in [6, 6.07) is 14.8. The quantitative estimate of drug-likeness (QED) is 0.631. The fraction of sp³-hybridized carbons (Fsp3) is 0.440. The molecule has 162 valence electrons. The Hall–Kier alpha value is -2.82. The second-order valence-electron chi connectivity index (χ2n) is 8.93. The smallest absolute Gasteiger partial charge is 0.265 e. The average Bonchev–Trinajstić information content (AvgIpc) is 2.70. The molecule has 2 amide bonds. The first-order valence-electron chi connectivity index (χ1n) is 10.6. The number of nitrogens with one attached hydrogen (secondary N) is 2. The Morgan fingerprint density at radius 1 is 1.00 bits per heavy atom. The normalized spacial score (nSPS) is 12.4. The first-order chi connectivity index (χ1) is 14.1. The Kier molecular flexibility index (Phi) is 8.04. The fourth-order valence-electron chi connectivity index (χ4n) is 2.92. The Bertz CT molecular complexity index is 851. The first-order valence-corrected chi connectivity index (χ1v) is 10.6. The maximum Gasteiger partial charge on any atom is 0.265 e. The summed E-state index contributed by atoms with van der Waals surface area (Å²) in [7, 11) is 0. The van der Waals surface area contributed by atoms with Crippen molar-refractivity contribution < 1.29 is 14.3 Å². The van der Waals surface area contributed by atoms with Crippen LogP contribution >= 0.6 is 0 Å². The van der Waals surface area contributed by atoms with Crippen LogP contribution in [0.1, 0.15) is 63.9 Å². The first kappa shape index (κ1) is 23.5. The van der Waals surface area contributed by atoms with E-state index in [-0.39, 0.29) is 17.2 Å². The van der Waals surface area contributed by atoms with Gasteiger partial charge in [0.05, 0.1) is 11.3 Å². The average molecular weight is 411 g/mol. The lowest BCUT2D eigenvalue weighted by molar-refractivity contribution is -0.122. The Morgan fingerprint density at radius 2 is 1.63 bits per heavy atom. The SMILES string of the molecule is CC[C@@H](Oc1ccc(C(C)(C)C)cc1)C(=O)Nc1ccccc1C(=O)NCC(C)C. The van der Waals surface area contributed by atoms with Gasteiger partial charge in [-0.15, -0.1) is 0 Å². The van der Waals surface area contributed by atoms with Gasteiger partial charge in [0.2, 0.25) is 0 Å². The highest BCUT2D eigenvalue weighted by atomic mass is 16.5. The molecule has 30 heavy (non-hydrogen) atoms. The standard InChI is InChI=1S/C25H34N2O3/c1-7-22(30-19-14-12-18(13-15-19)25(4,5)6)24(29)27-21-11-9-8-10-20(21)23(28)26-16-17(2)3/h8-15,17,22H,7,16H2,1-6H3,(H,26,28)(H,27,29)/t22-/m1/s1. The minimum atomic E-state index is -0.655. The van der Waals surface area contributed by atoms with Crippen LogP contribution in [0.3, 0.4) is 0 Å². The molecule has 0 bridgehead atoms. The Morgan fingerprint density at radius 3 is 2.20 bits per heavy atom. The minimum Gasteiger partial charge on any atom is -0.481 e. The molecule has 0 fully saturated rings. The van der Waals surface area contributed by atoms with Crippen molar-refractivity contribution >= 4 is 17.5 Å². The van der Waals surface area contributed by atoms with Gasteiger partial charge in [-0.2, -0.15) is 0 Å². The van der Waals surface area contributed by atoms with E-state index < -0.39 is 6.10 Å². The lowest BCUT2D eigenvalue weighted by Crippen LogP contribution is -2.34.